The van der Waals surface area contributed by atoms with Crippen molar-refractivity contribution in [1.29, 1.82) is 0 Å². The highest BCUT2D eigenvalue weighted by molar-refractivity contribution is 7.57. The van der Waals surface area contributed by atoms with Crippen LogP contribution < -0.4 is 14.4 Å². The lowest BCUT2D eigenvalue weighted by Crippen LogP contribution is -2.17. The van der Waals surface area contributed by atoms with Crippen LogP contribution in [-0.2, 0) is 0 Å². The molecule has 2 nitrogen and oxygen atoms in total. The standard InChI is InChI=1S/C22H15O2P/c1-2-8-17-15-18(14-13-16(17)7-1)23-25-22-12-6-4-10-20(22)19-9-3-5-11-21(19)24-25/h1-15H. The van der Waals surface area contributed by atoms with Crippen molar-refractivity contribution < 1.29 is 9.05 Å². The molecule has 1 aliphatic heterocycles. The van der Waals surface area contributed by atoms with E-state index in [1.54, 1.807) is 0 Å². The lowest BCUT2D eigenvalue weighted by molar-refractivity contribution is 0.501. The summed E-state index contributed by atoms with van der Waals surface area (Å²) >= 11 is 0. The lowest BCUT2D eigenvalue weighted by atomic mass is 10.0. The summed E-state index contributed by atoms with van der Waals surface area (Å²) in [5.41, 5.74) is 2.32. The van der Waals surface area contributed by atoms with Gasteiger partial charge in [-0.1, -0.05) is 66.7 Å². The lowest BCUT2D eigenvalue weighted by Gasteiger charge is -2.27. The highest BCUT2D eigenvalue weighted by Gasteiger charge is 2.28. The first-order valence-corrected chi connectivity index (χ1v) is 9.39. The van der Waals surface area contributed by atoms with E-state index < -0.39 is 8.38 Å². The van der Waals surface area contributed by atoms with Gasteiger partial charge in [0.05, 0.1) is 5.30 Å². The third kappa shape index (κ3) is 2.56. The van der Waals surface area contributed by atoms with E-state index in [4.69, 9.17) is 9.05 Å². The zero-order valence-corrected chi connectivity index (χ0v) is 14.3. The Bertz CT molecular complexity index is 1070. The van der Waals surface area contributed by atoms with Crippen LogP contribution in [0.2, 0.25) is 0 Å². The van der Waals surface area contributed by atoms with Crippen LogP contribution in [0.4, 0.5) is 0 Å². The molecule has 0 N–H and O–H groups in total. The van der Waals surface area contributed by atoms with Gasteiger partial charge in [-0.15, -0.1) is 0 Å². The number of rotatable bonds is 2. The van der Waals surface area contributed by atoms with Gasteiger partial charge >= 0.3 is 8.38 Å². The molecule has 0 aromatic heterocycles. The Morgan fingerprint density at radius 1 is 0.640 bits per heavy atom. The Labute approximate surface area is 147 Å². The minimum atomic E-state index is -1.21. The molecule has 0 fully saturated rings. The summed E-state index contributed by atoms with van der Waals surface area (Å²) in [5, 5.41) is 3.49. The molecule has 0 radical (unpaired) electrons. The first kappa shape index (κ1) is 14.5. The second-order valence-corrected chi connectivity index (χ2v) is 7.32. The summed E-state index contributed by atoms with van der Waals surface area (Å²) in [7, 11) is -1.21. The van der Waals surface area contributed by atoms with Crippen LogP contribution in [0.1, 0.15) is 0 Å². The highest BCUT2D eigenvalue weighted by Crippen LogP contribution is 2.49. The predicted octanol–water partition coefficient (Wildman–Crippen LogP) is 5.92. The SMILES string of the molecule is c1ccc2c(c1)OP(Oc1ccc3ccccc3c1)c1ccccc1-2. The Morgan fingerprint density at radius 3 is 2.28 bits per heavy atom. The zero-order chi connectivity index (χ0) is 16.6. The van der Waals surface area contributed by atoms with Gasteiger partial charge in [-0.2, -0.15) is 0 Å². The number of hydrogen-bond donors (Lipinski definition) is 0. The molecule has 1 aliphatic rings. The first-order chi connectivity index (χ1) is 12.4. The summed E-state index contributed by atoms with van der Waals surface area (Å²) in [4.78, 5) is 0. The van der Waals surface area contributed by atoms with Gasteiger partial charge < -0.3 is 9.05 Å². The van der Waals surface area contributed by atoms with Gasteiger partial charge in [-0.25, -0.2) is 0 Å². The summed E-state index contributed by atoms with van der Waals surface area (Å²) < 4.78 is 12.5. The van der Waals surface area contributed by atoms with Gasteiger partial charge in [0.15, 0.2) is 0 Å². The van der Waals surface area contributed by atoms with Crippen molar-refractivity contribution in [3.8, 4) is 22.6 Å². The largest absolute Gasteiger partial charge is 0.435 e. The molecule has 4 aromatic rings. The fraction of sp³-hybridized carbons (Fsp3) is 0. The molecular formula is C22H15O2P. The maximum absolute atomic E-state index is 6.29. The van der Waals surface area contributed by atoms with Gasteiger partial charge in [-0.05, 0) is 40.6 Å². The molecule has 0 aliphatic carbocycles. The number of para-hydroxylation sites is 1. The van der Waals surface area contributed by atoms with Crippen LogP contribution in [0.15, 0.2) is 91.0 Å². The molecule has 0 saturated carbocycles. The summed E-state index contributed by atoms with van der Waals surface area (Å²) in [5.74, 6) is 1.71. The Morgan fingerprint density at radius 2 is 1.36 bits per heavy atom. The van der Waals surface area contributed by atoms with E-state index in [0.717, 1.165) is 22.4 Å². The highest BCUT2D eigenvalue weighted by atomic mass is 31.2. The topological polar surface area (TPSA) is 18.5 Å². The van der Waals surface area contributed by atoms with E-state index in [2.05, 4.69) is 48.5 Å². The zero-order valence-electron chi connectivity index (χ0n) is 13.4. The minimum absolute atomic E-state index is 0.832. The van der Waals surface area contributed by atoms with Gasteiger partial charge in [0.25, 0.3) is 0 Å². The third-order valence-electron chi connectivity index (χ3n) is 4.37. The molecule has 0 saturated heterocycles. The summed E-state index contributed by atoms with van der Waals surface area (Å²) in [6.45, 7) is 0. The van der Waals surface area contributed by atoms with E-state index in [1.807, 2.05) is 42.5 Å². The molecular weight excluding hydrogens is 327 g/mol. The molecule has 1 unspecified atom stereocenters. The van der Waals surface area contributed by atoms with Gasteiger partial charge in [0, 0.05) is 5.56 Å². The number of benzene rings is 4. The molecule has 1 atom stereocenters. The molecule has 25 heavy (non-hydrogen) atoms. The molecule has 4 aromatic carbocycles. The van der Waals surface area contributed by atoms with Gasteiger partial charge in [-0.3, -0.25) is 0 Å². The van der Waals surface area contributed by atoms with E-state index in [9.17, 15) is 0 Å². The molecule has 0 amide bonds. The average molecular weight is 342 g/mol. The Balaban J connectivity index is 1.56. The number of fused-ring (bicyclic) bond motifs is 4. The molecule has 5 rings (SSSR count). The van der Waals surface area contributed by atoms with Crippen LogP contribution in [0.25, 0.3) is 21.9 Å². The molecule has 3 heteroatoms. The smallest absolute Gasteiger partial charge is 0.326 e. The quantitative estimate of drug-likeness (QED) is 0.421. The Kier molecular flexibility index (Phi) is 3.43. The van der Waals surface area contributed by atoms with Crippen LogP contribution in [0.5, 0.6) is 11.5 Å². The minimum Gasteiger partial charge on any atom is -0.435 e. The fourth-order valence-corrected chi connectivity index (χ4v) is 4.63. The van der Waals surface area contributed by atoms with Crippen LogP contribution in [0, 0.1) is 0 Å². The maximum atomic E-state index is 6.29. The predicted molar refractivity (Wildman–Crippen MR) is 104 cm³/mol. The van der Waals surface area contributed by atoms with Crippen LogP contribution >= 0.6 is 8.38 Å². The molecule has 120 valence electrons. The van der Waals surface area contributed by atoms with Crippen molar-refractivity contribution in [3.05, 3.63) is 91.0 Å². The van der Waals surface area contributed by atoms with Crippen molar-refractivity contribution >= 4 is 24.5 Å². The summed E-state index contributed by atoms with van der Waals surface area (Å²) in [6.07, 6.45) is 0. The summed E-state index contributed by atoms with van der Waals surface area (Å²) in [6, 6.07) is 30.9. The second kappa shape index (κ2) is 5.91. The van der Waals surface area contributed by atoms with Crippen molar-refractivity contribution in [2.45, 2.75) is 0 Å². The van der Waals surface area contributed by atoms with E-state index in [1.165, 1.54) is 16.3 Å². The van der Waals surface area contributed by atoms with Crippen LogP contribution in [0.3, 0.4) is 0 Å². The molecule has 0 bridgehead atoms. The maximum Gasteiger partial charge on any atom is 0.326 e. The average Bonchev–Trinajstić information content (AvgIpc) is 2.68. The number of hydrogen-bond acceptors (Lipinski definition) is 2. The van der Waals surface area contributed by atoms with Crippen molar-refractivity contribution in [2.24, 2.45) is 0 Å². The van der Waals surface area contributed by atoms with Crippen molar-refractivity contribution in [3.63, 3.8) is 0 Å². The molecule has 0 spiro atoms. The van der Waals surface area contributed by atoms with E-state index in [0.29, 0.717) is 0 Å². The van der Waals surface area contributed by atoms with Gasteiger partial charge in [0.1, 0.15) is 11.5 Å². The van der Waals surface area contributed by atoms with Gasteiger partial charge in [0.2, 0.25) is 0 Å². The first-order valence-electron chi connectivity index (χ1n) is 8.22. The van der Waals surface area contributed by atoms with E-state index in [-0.39, 0.29) is 0 Å². The normalized spacial score (nSPS) is 15.1. The second-order valence-electron chi connectivity index (χ2n) is 5.96. The molecule has 1 heterocycles. The van der Waals surface area contributed by atoms with Crippen molar-refractivity contribution in [1.82, 2.24) is 0 Å². The Hall–Kier alpha value is -2.83. The van der Waals surface area contributed by atoms with Crippen LogP contribution in [-0.4, -0.2) is 0 Å². The van der Waals surface area contributed by atoms with E-state index >= 15 is 0 Å². The third-order valence-corrected chi connectivity index (χ3v) is 5.89. The van der Waals surface area contributed by atoms with Crippen molar-refractivity contribution in [2.75, 3.05) is 0 Å². The monoisotopic (exact) mass is 342 g/mol. The fourth-order valence-electron chi connectivity index (χ4n) is 3.16.